The lowest BCUT2D eigenvalue weighted by Crippen LogP contribution is -2.24. The molecule has 0 amide bonds. The molecule has 1 aromatic heterocycles. The number of nitriles is 1. The van der Waals surface area contributed by atoms with E-state index in [-0.39, 0.29) is 5.92 Å². The van der Waals surface area contributed by atoms with Crippen LogP contribution in [0.3, 0.4) is 0 Å². The maximum Gasteiger partial charge on any atom is 0.326 e. The quantitative estimate of drug-likeness (QED) is 0.795. The van der Waals surface area contributed by atoms with Crippen molar-refractivity contribution in [3.63, 3.8) is 0 Å². The summed E-state index contributed by atoms with van der Waals surface area (Å²) >= 11 is 0. The molecule has 0 saturated heterocycles. The fourth-order valence-corrected chi connectivity index (χ4v) is 2.99. The molecule has 0 fully saturated rings. The van der Waals surface area contributed by atoms with Crippen LogP contribution in [0.5, 0.6) is 0 Å². The summed E-state index contributed by atoms with van der Waals surface area (Å²) in [5.41, 5.74) is 0.404. The smallest absolute Gasteiger partial charge is 0.326 e. The maximum absolute atomic E-state index is 11.6. The number of aliphatic carboxylic acids is 1. The van der Waals surface area contributed by atoms with Gasteiger partial charge in [-0.05, 0) is 28.8 Å². The van der Waals surface area contributed by atoms with Crippen LogP contribution in [0.1, 0.15) is 25.6 Å². The van der Waals surface area contributed by atoms with Crippen LogP contribution in [0, 0.1) is 17.2 Å². The molecule has 2 aromatic carbocycles. The van der Waals surface area contributed by atoms with Gasteiger partial charge in [0.2, 0.25) is 0 Å². The number of rotatable bonds is 3. The van der Waals surface area contributed by atoms with E-state index in [2.05, 4.69) is 6.07 Å². The number of carbonyl (C=O) groups is 1. The first kappa shape index (κ1) is 14.2. The molecule has 0 aliphatic rings. The van der Waals surface area contributed by atoms with E-state index in [1.54, 1.807) is 10.8 Å². The molecule has 3 aromatic rings. The number of hydrogen-bond acceptors (Lipinski definition) is 2. The zero-order valence-electron chi connectivity index (χ0n) is 12.4. The molecule has 0 saturated carbocycles. The van der Waals surface area contributed by atoms with Gasteiger partial charge in [0.1, 0.15) is 17.8 Å². The highest BCUT2D eigenvalue weighted by atomic mass is 16.4. The van der Waals surface area contributed by atoms with E-state index in [4.69, 9.17) is 0 Å². The van der Waals surface area contributed by atoms with Crippen molar-refractivity contribution in [2.45, 2.75) is 19.9 Å². The van der Waals surface area contributed by atoms with Crippen molar-refractivity contribution in [3.05, 3.63) is 48.3 Å². The molecule has 4 nitrogen and oxygen atoms in total. The third kappa shape index (κ3) is 2.11. The largest absolute Gasteiger partial charge is 0.480 e. The highest BCUT2D eigenvalue weighted by Crippen LogP contribution is 2.31. The van der Waals surface area contributed by atoms with Crippen LogP contribution in [0.15, 0.2) is 42.6 Å². The molecule has 0 radical (unpaired) electrons. The van der Waals surface area contributed by atoms with E-state index in [1.165, 1.54) is 0 Å². The summed E-state index contributed by atoms with van der Waals surface area (Å²) in [6.07, 6.45) is 1.78. The Balaban J connectivity index is 2.34. The van der Waals surface area contributed by atoms with Crippen LogP contribution in [0.4, 0.5) is 0 Å². The number of nitrogens with zero attached hydrogens (tertiary/aromatic N) is 2. The lowest BCUT2D eigenvalue weighted by molar-refractivity contribution is -0.142. The Morgan fingerprint density at radius 2 is 1.82 bits per heavy atom. The van der Waals surface area contributed by atoms with Crippen LogP contribution in [-0.2, 0) is 4.79 Å². The number of aromatic nitrogens is 1. The Morgan fingerprint density at radius 1 is 1.18 bits per heavy atom. The Kier molecular flexibility index (Phi) is 3.34. The monoisotopic (exact) mass is 292 g/mol. The number of benzene rings is 2. The molecule has 3 rings (SSSR count). The molecule has 4 heteroatoms. The van der Waals surface area contributed by atoms with E-state index < -0.39 is 12.0 Å². The second kappa shape index (κ2) is 5.19. The van der Waals surface area contributed by atoms with Gasteiger partial charge in [-0.15, -0.1) is 0 Å². The lowest BCUT2D eigenvalue weighted by Gasteiger charge is -2.19. The lowest BCUT2D eigenvalue weighted by atomic mass is 10.0. The summed E-state index contributed by atoms with van der Waals surface area (Å²) in [5.74, 6) is -1.03. The Labute approximate surface area is 128 Å². The first-order chi connectivity index (χ1) is 10.5. The van der Waals surface area contributed by atoms with Crippen molar-refractivity contribution >= 4 is 27.5 Å². The highest BCUT2D eigenvalue weighted by molar-refractivity contribution is 6.00. The Morgan fingerprint density at radius 3 is 2.36 bits per heavy atom. The van der Waals surface area contributed by atoms with E-state index in [9.17, 15) is 15.2 Å². The van der Waals surface area contributed by atoms with Crippen LogP contribution < -0.4 is 0 Å². The molecule has 0 unspecified atom stereocenters. The van der Waals surface area contributed by atoms with Crippen molar-refractivity contribution < 1.29 is 9.90 Å². The zero-order valence-corrected chi connectivity index (χ0v) is 12.4. The van der Waals surface area contributed by atoms with Gasteiger partial charge >= 0.3 is 5.97 Å². The van der Waals surface area contributed by atoms with Gasteiger partial charge in [-0.1, -0.05) is 38.1 Å². The standard InChI is InChI=1S/C18H16N2O2/c1-11(2)17(18(21)22)20-10-14-7-12-5-3-4-6-13(12)8-15(14)16(20)9-19/h3-8,10-11,17H,1-2H3,(H,21,22)/t17-/m1/s1. The van der Waals surface area contributed by atoms with Gasteiger partial charge < -0.3 is 9.67 Å². The molecular formula is C18H16N2O2. The molecule has 22 heavy (non-hydrogen) atoms. The summed E-state index contributed by atoms with van der Waals surface area (Å²) in [6.45, 7) is 3.70. The summed E-state index contributed by atoms with van der Waals surface area (Å²) in [6, 6.07) is 13.3. The molecule has 0 spiro atoms. The van der Waals surface area contributed by atoms with Crippen molar-refractivity contribution in [2.75, 3.05) is 0 Å². The third-order valence-electron chi connectivity index (χ3n) is 4.00. The van der Waals surface area contributed by atoms with Crippen molar-refractivity contribution in [1.82, 2.24) is 4.57 Å². The van der Waals surface area contributed by atoms with E-state index in [1.807, 2.05) is 50.2 Å². The molecule has 1 N–H and O–H groups in total. The van der Waals surface area contributed by atoms with Gasteiger partial charge in [-0.2, -0.15) is 5.26 Å². The Bertz CT molecular complexity index is 916. The normalized spacial score (nSPS) is 12.6. The minimum absolute atomic E-state index is 0.110. The minimum atomic E-state index is -0.920. The van der Waals surface area contributed by atoms with Crippen LogP contribution in [-0.4, -0.2) is 15.6 Å². The van der Waals surface area contributed by atoms with Crippen LogP contribution >= 0.6 is 0 Å². The van der Waals surface area contributed by atoms with Gasteiger partial charge in [-0.3, -0.25) is 0 Å². The minimum Gasteiger partial charge on any atom is -0.480 e. The third-order valence-corrected chi connectivity index (χ3v) is 4.00. The van der Waals surface area contributed by atoms with E-state index in [0.717, 1.165) is 21.5 Å². The Hall–Kier alpha value is -2.80. The number of carboxylic acid groups (broad SMARTS) is 1. The van der Waals surface area contributed by atoms with Gasteiger partial charge in [-0.25, -0.2) is 4.79 Å². The molecule has 0 bridgehead atoms. The molecule has 1 atom stereocenters. The van der Waals surface area contributed by atoms with E-state index >= 15 is 0 Å². The summed E-state index contributed by atoms with van der Waals surface area (Å²) in [5, 5.41) is 22.8. The topological polar surface area (TPSA) is 66.0 Å². The molecule has 0 aliphatic carbocycles. The second-order valence-corrected chi connectivity index (χ2v) is 5.81. The summed E-state index contributed by atoms with van der Waals surface area (Å²) in [7, 11) is 0. The number of hydrogen-bond donors (Lipinski definition) is 1. The zero-order chi connectivity index (χ0) is 15.9. The molecule has 0 aliphatic heterocycles. The average molecular weight is 292 g/mol. The molecular weight excluding hydrogens is 276 g/mol. The first-order valence-electron chi connectivity index (χ1n) is 7.19. The molecule has 110 valence electrons. The SMILES string of the molecule is CC(C)[C@H](C(=O)O)n1cc2cc3ccccc3cc2c1C#N. The summed E-state index contributed by atoms with van der Waals surface area (Å²) < 4.78 is 1.59. The fourth-order valence-electron chi connectivity index (χ4n) is 2.99. The predicted octanol–water partition coefficient (Wildman–Crippen LogP) is 3.95. The number of fused-ring (bicyclic) bond motifs is 2. The van der Waals surface area contributed by atoms with Crippen LogP contribution in [0.2, 0.25) is 0 Å². The van der Waals surface area contributed by atoms with Crippen molar-refractivity contribution in [2.24, 2.45) is 5.92 Å². The highest BCUT2D eigenvalue weighted by Gasteiger charge is 2.26. The predicted molar refractivity (Wildman–Crippen MR) is 85.7 cm³/mol. The molecule has 1 heterocycles. The van der Waals surface area contributed by atoms with Crippen molar-refractivity contribution in [3.8, 4) is 6.07 Å². The maximum atomic E-state index is 11.6. The first-order valence-corrected chi connectivity index (χ1v) is 7.19. The van der Waals surface area contributed by atoms with Gasteiger partial charge in [0.15, 0.2) is 0 Å². The van der Waals surface area contributed by atoms with E-state index in [0.29, 0.717) is 5.69 Å². The van der Waals surface area contributed by atoms with Crippen LogP contribution in [0.25, 0.3) is 21.5 Å². The number of carboxylic acids is 1. The second-order valence-electron chi connectivity index (χ2n) is 5.81. The van der Waals surface area contributed by atoms with Gasteiger partial charge in [0.05, 0.1) is 0 Å². The fraction of sp³-hybridized carbons (Fsp3) is 0.222. The summed E-state index contributed by atoms with van der Waals surface area (Å²) in [4.78, 5) is 11.6. The van der Waals surface area contributed by atoms with Gasteiger partial charge in [0, 0.05) is 17.0 Å². The average Bonchev–Trinajstić information content (AvgIpc) is 2.80. The van der Waals surface area contributed by atoms with Crippen molar-refractivity contribution in [1.29, 1.82) is 5.26 Å². The van der Waals surface area contributed by atoms with Gasteiger partial charge in [0.25, 0.3) is 0 Å².